The molecule has 0 amide bonds. The maximum absolute atomic E-state index is 5.46. The van der Waals surface area contributed by atoms with Crippen molar-refractivity contribution in [1.82, 2.24) is 0 Å². The fourth-order valence-electron chi connectivity index (χ4n) is 0.961. The van der Waals surface area contributed by atoms with Crippen molar-refractivity contribution in [2.75, 3.05) is 24.7 Å². The zero-order chi connectivity index (χ0) is 11.5. The molecule has 0 aromatic carbocycles. The molecule has 0 rings (SSSR count). The smallest absolute Gasteiger partial charge is 0.0648 e. The molecule has 0 N–H and O–H groups in total. The lowest BCUT2D eigenvalue weighted by Crippen LogP contribution is -2.15. The standard InChI is InChI=1S/C12H22O2S/c1-5-7-13-11(3)9-15-10-12(4)14-8-6-2/h5-6,11-12H,1-2,7-10H2,3-4H3. The van der Waals surface area contributed by atoms with Gasteiger partial charge in [0.1, 0.15) is 0 Å². The summed E-state index contributed by atoms with van der Waals surface area (Å²) in [5.41, 5.74) is 0. The van der Waals surface area contributed by atoms with Gasteiger partial charge in [0.2, 0.25) is 0 Å². The van der Waals surface area contributed by atoms with Crippen LogP contribution >= 0.6 is 11.8 Å². The first-order valence-corrected chi connectivity index (χ1v) is 6.38. The molecule has 0 saturated carbocycles. The number of thioether (sulfide) groups is 1. The predicted molar refractivity (Wildman–Crippen MR) is 68.5 cm³/mol. The summed E-state index contributed by atoms with van der Waals surface area (Å²) in [5, 5.41) is 0. The minimum atomic E-state index is 0.277. The summed E-state index contributed by atoms with van der Waals surface area (Å²) < 4.78 is 10.9. The summed E-state index contributed by atoms with van der Waals surface area (Å²) in [6, 6.07) is 0. The van der Waals surface area contributed by atoms with Gasteiger partial charge in [0, 0.05) is 11.5 Å². The maximum atomic E-state index is 5.46. The highest BCUT2D eigenvalue weighted by molar-refractivity contribution is 7.99. The first-order chi connectivity index (χ1) is 7.20. The molecule has 0 spiro atoms. The normalized spacial score (nSPS) is 14.5. The minimum absolute atomic E-state index is 0.277. The second-order valence-electron chi connectivity index (χ2n) is 3.40. The van der Waals surface area contributed by atoms with E-state index in [1.54, 1.807) is 12.2 Å². The predicted octanol–water partition coefficient (Wildman–Crippen LogP) is 2.90. The van der Waals surface area contributed by atoms with Gasteiger partial charge < -0.3 is 9.47 Å². The Morgan fingerprint density at radius 2 is 1.40 bits per heavy atom. The molecule has 2 nitrogen and oxygen atoms in total. The molecule has 0 aliphatic carbocycles. The van der Waals surface area contributed by atoms with Crippen molar-refractivity contribution in [3.8, 4) is 0 Å². The molecule has 0 aliphatic heterocycles. The highest BCUT2D eigenvalue weighted by atomic mass is 32.2. The molecule has 0 bridgehead atoms. The molecular weight excluding hydrogens is 208 g/mol. The van der Waals surface area contributed by atoms with Crippen molar-refractivity contribution in [2.45, 2.75) is 26.1 Å². The van der Waals surface area contributed by atoms with Crippen molar-refractivity contribution < 1.29 is 9.47 Å². The van der Waals surface area contributed by atoms with Crippen LogP contribution in [0.4, 0.5) is 0 Å². The molecule has 0 aromatic heterocycles. The molecule has 88 valence electrons. The largest absolute Gasteiger partial charge is 0.374 e. The van der Waals surface area contributed by atoms with E-state index < -0.39 is 0 Å². The van der Waals surface area contributed by atoms with E-state index >= 15 is 0 Å². The third kappa shape index (κ3) is 10.0. The van der Waals surface area contributed by atoms with Crippen LogP contribution in [0.2, 0.25) is 0 Å². The second-order valence-corrected chi connectivity index (χ2v) is 4.48. The Morgan fingerprint density at radius 3 is 1.73 bits per heavy atom. The molecule has 0 heterocycles. The fraction of sp³-hybridized carbons (Fsp3) is 0.667. The monoisotopic (exact) mass is 230 g/mol. The molecule has 0 fully saturated rings. The lowest BCUT2D eigenvalue weighted by molar-refractivity contribution is 0.102. The molecular formula is C12H22O2S. The van der Waals surface area contributed by atoms with Crippen molar-refractivity contribution >= 4 is 11.8 Å². The SMILES string of the molecule is C=CCOC(C)CSCC(C)OCC=C. The van der Waals surface area contributed by atoms with Crippen LogP contribution in [0.3, 0.4) is 0 Å². The molecule has 0 saturated heterocycles. The van der Waals surface area contributed by atoms with Crippen molar-refractivity contribution in [1.29, 1.82) is 0 Å². The number of ether oxygens (including phenoxy) is 2. The molecule has 0 aliphatic rings. The number of hydrogen-bond donors (Lipinski definition) is 0. The summed E-state index contributed by atoms with van der Waals surface area (Å²) in [6.07, 6.45) is 4.10. The van der Waals surface area contributed by atoms with Gasteiger partial charge in [0.05, 0.1) is 25.4 Å². The van der Waals surface area contributed by atoms with Crippen molar-refractivity contribution in [3.63, 3.8) is 0 Å². The third-order valence-corrected chi connectivity index (χ3v) is 3.11. The Bertz CT molecular complexity index is 153. The molecule has 0 radical (unpaired) electrons. The van der Waals surface area contributed by atoms with Crippen LogP contribution in [0.1, 0.15) is 13.8 Å². The zero-order valence-electron chi connectivity index (χ0n) is 9.78. The van der Waals surface area contributed by atoms with Gasteiger partial charge in [-0.05, 0) is 13.8 Å². The van der Waals surface area contributed by atoms with Crippen molar-refractivity contribution in [3.05, 3.63) is 25.3 Å². The van der Waals surface area contributed by atoms with Gasteiger partial charge in [-0.1, -0.05) is 12.2 Å². The molecule has 0 aromatic rings. The maximum Gasteiger partial charge on any atom is 0.0648 e. The summed E-state index contributed by atoms with van der Waals surface area (Å²) in [7, 11) is 0. The average molecular weight is 230 g/mol. The van der Waals surface area contributed by atoms with Gasteiger partial charge in [-0.15, -0.1) is 13.2 Å². The van der Waals surface area contributed by atoms with E-state index in [0.717, 1.165) is 11.5 Å². The second kappa shape index (κ2) is 10.3. The Kier molecular flexibility index (Phi) is 10.1. The van der Waals surface area contributed by atoms with Gasteiger partial charge >= 0.3 is 0 Å². The minimum Gasteiger partial charge on any atom is -0.374 e. The topological polar surface area (TPSA) is 18.5 Å². The van der Waals surface area contributed by atoms with E-state index in [2.05, 4.69) is 27.0 Å². The van der Waals surface area contributed by atoms with E-state index in [0.29, 0.717) is 13.2 Å². The summed E-state index contributed by atoms with van der Waals surface area (Å²) in [5.74, 6) is 1.99. The lowest BCUT2D eigenvalue weighted by Gasteiger charge is -2.14. The Morgan fingerprint density at radius 1 is 1.00 bits per heavy atom. The van der Waals surface area contributed by atoms with Gasteiger partial charge in [0.25, 0.3) is 0 Å². The van der Waals surface area contributed by atoms with Crippen LogP contribution in [-0.4, -0.2) is 36.9 Å². The van der Waals surface area contributed by atoms with E-state index in [1.807, 2.05) is 11.8 Å². The lowest BCUT2D eigenvalue weighted by atomic mass is 10.5. The molecule has 2 atom stereocenters. The van der Waals surface area contributed by atoms with Crippen LogP contribution in [0, 0.1) is 0 Å². The Labute approximate surface area is 97.7 Å². The highest BCUT2D eigenvalue weighted by Crippen LogP contribution is 2.09. The van der Waals surface area contributed by atoms with E-state index in [4.69, 9.17) is 9.47 Å². The highest BCUT2D eigenvalue weighted by Gasteiger charge is 2.04. The van der Waals surface area contributed by atoms with Crippen LogP contribution in [-0.2, 0) is 9.47 Å². The van der Waals surface area contributed by atoms with Gasteiger partial charge in [-0.3, -0.25) is 0 Å². The van der Waals surface area contributed by atoms with Crippen LogP contribution in [0.15, 0.2) is 25.3 Å². The quantitative estimate of drug-likeness (QED) is 0.538. The first-order valence-electron chi connectivity index (χ1n) is 5.23. The van der Waals surface area contributed by atoms with E-state index in [-0.39, 0.29) is 12.2 Å². The fourth-order valence-corrected chi connectivity index (χ4v) is 1.95. The Hall–Kier alpha value is -0.250. The zero-order valence-corrected chi connectivity index (χ0v) is 10.6. The van der Waals surface area contributed by atoms with Gasteiger partial charge in [0.15, 0.2) is 0 Å². The number of hydrogen-bond acceptors (Lipinski definition) is 3. The van der Waals surface area contributed by atoms with Crippen molar-refractivity contribution in [2.24, 2.45) is 0 Å². The molecule has 3 heteroatoms. The van der Waals surface area contributed by atoms with Crippen LogP contribution < -0.4 is 0 Å². The third-order valence-electron chi connectivity index (χ3n) is 1.70. The number of rotatable bonds is 10. The average Bonchev–Trinajstić information content (AvgIpc) is 2.23. The van der Waals surface area contributed by atoms with Crippen LogP contribution in [0.5, 0.6) is 0 Å². The van der Waals surface area contributed by atoms with Gasteiger partial charge in [-0.25, -0.2) is 0 Å². The van der Waals surface area contributed by atoms with E-state index in [1.165, 1.54) is 0 Å². The first kappa shape index (κ1) is 14.8. The molecule has 15 heavy (non-hydrogen) atoms. The van der Waals surface area contributed by atoms with Crippen LogP contribution in [0.25, 0.3) is 0 Å². The molecule has 2 unspecified atom stereocenters. The van der Waals surface area contributed by atoms with Gasteiger partial charge in [-0.2, -0.15) is 11.8 Å². The van der Waals surface area contributed by atoms with E-state index in [9.17, 15) is 0 Å². The Balaban J connectivity index is 3.34. The summed E-state index contributed by atoms with van der Waals surface area (Å²) in [4.78, 5) is 0. The summed E-state index contributed by atoms with van der Waals surface area (Å²) >= 11 is 1.85. The summed E-state index contributed by atoms with van der Waals surface area (Å²) in [6.45, 7) is 12.6.